The Balaban J connectivity index is 2.51. The third-order valence-electron chi connectivity index (χ3n) is 2.50. The zero-order valence-corrected chi connectivity index (χ0v) is 10.1. The van der Waals surface area contributed by atoms with Gasteiger partial charge in [0.25, 0.3) is 0 Å². The van der Waals surface area contributed by atoms with Crippen LogP contribution in [0.2, 0.25) is 0 Å². The molecule has 17 heavy (non-hydrogen) atoms. The highest BCUT2D eigenvalue weighted by Gasteiger charge is 2.10. The van der Waals surface area contributed by atoms with Crippen LogP contribution in [0.25, 0.3) is 10.4 Å². The number of thiophene rings is 1. The van der Waals surface area contributed by atoms with Gasteiger partial charge in [0.1, 0.15) is 16.8 Å². The first-order valence-corrected chi connectivity index (χ1v) is 5.99. The summed E-state index contributed by atoms with van der Waals surface area (Å²) < 4.78 is 13.7. The number of nitrogens with zero attached hydrogens (tertiary/aromatic N) is 1. The Morgan fingerprint density at radius 1 is 1.35 bits per heavy atom. The van der Waals surface area contributed by atoms with Gasteiger partial charge >= 0.3 is 0 Å². The van der Waals surface area contributed by atoms with E-state index in [1.807, 2.05) is 13.0 Å². The Bertz CT molecular complexity index is 581. The van der Waals surface area contributed by atoms with Crippen molar-refractivity contribution >= 4 is 11.3 Å². The Kier molecular flexibility index (Phi) is 3.23. The first kappa shape index (κ1) is 11.8. The molecular weight excluding hydrogens is 235 g/mol. The first-order chi connectivity index (χ1) is 8.11. The van der Waals surface area contributed by atoms with Crippen LogP contribution in [-0.4, -0.2) is 0 Å². The summed E-state index contributed by atoms with van der Waals surface area (Å²) in [6.07, 6.45) is 0. The molecule has 0 aliphatic heterocycles. The summed E-state index contributed by atoms with van der Waals surface area (Å²) in [5.74, 6) is -0.291. The lowest BCUT2D eigenvalue weighted by Gasteiger charge is -2.08. The second kappa shape index (κ2) is 4.66. The molecule has 1 aromatic carbocycles. The van der Waals surface area contributed by atoms with Gasteiger partial charge in [0.05, 0.1) is 0 Å². The van der Waals surface area contributed by atoms with E-state index in [-0.39, 0.29) is 11.9 Å². The van der Waals surface area contributed by atoms with Crippen molar-refractivity contribution in [2.24, 2.45) is 5.73 Å². The summed E-state index contributed by atoms with van der Waals surface area (Å²) in [6.45, 7) is 1.85. The molecule has 2 nitrogen and oxygen atoms in total. The van der Waals surface area contributed by atoms with E-state index < -0.39 is 0 Å². The van der Waals surface area contributed by atoms with Crippen molar-refractivity contribution in [3.63, 3.8) is 0 Å². The Hall–Kier alpha value is -1.70. The zero-order chi connectivity index (χ0) is 12.4. The smallest absolute Gasteiger partial charge is 0.131 e. The number of benzene rings is 1. The van der Waals surface area contributed by atoms with Crippen LogP contribution in [-0.2, 0) is 0 Å². The summed E-state index contributed by atoms with van der Waals surface area (Å²) in [4.78, 5) is 1.33. The van der Waals surface area contributed by atoms with E-state index in [0.717, 1.165) is 10.4 Å². The molecule has 0 amide bonds. The summed E-state index contributed by atoms with van der Waals surface area (Å²) in [6, 6.07) is 10.2. The SMILES string of the molecule is CC(N)c1ccc(F)c(-c2ccc(C#N)s2)c1. The molecule has 86 valence electrons. The maximum absolute atomic E-state index is 13.7. The molecule has 0 saturated heterocycles. The maximum atomic E-state index is 13.7. The average molecular weight is 246 g/mol. The highest BCUT2D eigenvalue weighted by atomic mass is 32.1. The van der Waals surface area contributed by atoms with E-state index in [9.17, 15) is 4.39 Å². The standard InChI is InChI=1S/C13H11FN2S/c1-8(16)9-2-4-12(14)11(6-9)13-5-3-10(7-15)17-13/h2-6,8H,16H2,1H3. The molecule has 1 unspecified atom stereocenters. The quantitative estimate of drug-likeness (QED) is 0.882. The van der Waals surface area contributed by atoms with Gasteiger partial charge in [0.2, 0.25) is 0 Å². The molecule has 0 saturated carbocycles. The largest absolute Gasteiger partial charge is 0.324 e. The number of halogens is 1. The fourth-order valence-corrected chi connectivity index (χ4v) is 2.38. The Morgan fingerprint density at radius 3 is 2.71 bits per heavy atom. The number of hydrogen-bond donors (Lipinski definition) is 1. The molecule has 1 atom stereocenters. The lowest BCUT2D eigenvalue weighted by atomic mass is 10.0. The molecule has 4 heteroatoms. The fourth-order valence-electron chi connectivity index (χ4n) is 1.56. The second-order valence-electron chi connectivity index (χ2n) is 3.80. The molecule has 0 aliphatic rings. The van der Waals surface area contributed by atoms with E-state index >= 15 is 0 Å². The molecule has 1 aromatic heterocycles. The van der Waals surface area contributed by atoms with Gasteiger partial charge in [-0.15, -0.1) is 11.3 Å². The lowest BCUT2D eigenvalue weighted by Crippen LogP contribution is -2.05. The van der Waals surface area contributed by atoms with E-state index in [2.05, 4.69) is 0 Å². The highest BCUT2D eigenvalue weighted by Crippen LogP contribution is 2.31. The van der Waals surface area contributed by atoms with Crippen molar-refractivity contribution in [2.75, 3.05) is 0 Å². The first-order valence-electron chi connectivity index (χ1n) is 5.17. The minimum atomic E-state index is -0.291. The molecule has 0 radical (unpaired) electrons. The monoisotopic (exact) mass is 246 g/mol. The maximum Gasteiger partial charge on any atom is 0.131 e. The van der Waals surface area contributed by atoms with Gasteiger partial charge in [-0.25, -0.2) is 4.39 Å². The number of nitrogens with two attached hydrogens (primary N) is 1. The van der Waals surface area contributed by atoms with Gasteiger partial charge in [-0.3, -0.25) is 0 Å². The predicted octanol–water partition coefficient (Wildman–Crippen LogP) is 3.45. The summed E-state index contributed by atoms with van der Waals surface area (Å²) in [5.41, 5.74) is 7.16. The van der Waals surface area contributed by atoms with E-state index in [1.54, 1.807) is 24.3 Å². The third-order valence-corrected chi connectivity index (χ3v) is 3.52. The van der Waals surface area contributed by atoms with E-state index in [4.69, 9.17) is 11.0 Å². The van der Waals surface area contributed by atoms with Crippen molar-refractivity contribution in [3.05, 3.63) is 46.6 Å². The average Bonchev–Trinajstić information content (AvgIpc) is 2.77. The van der Waals surface area contributed by atoms with Crippen LogP contribution >= 0.6 is 11.3 Å². The predicted molar refractivity (Wildman–Crippen MR) is 67.0 cm³/mol. The third kappa shape index (κ3) is 2.36. The van der Waals surface area contributed by atoms with Gasteiger partial charge in [0, 0.05) is 16.5 Å². The molecule has 1 heterocycles. The Labute approximate surface area is 103 Å². The van der Waals surface area contributed by atoms with Gasteiger partial charge < -0.3 is 5.73 Å². The van der Waals surface area contributed by atoms with Crippen molar-refractivity contribution in [2.45, 2.75) is 13.0 Å². The van der Waals surface area contributed by atoms with Crippen LogP contribution < -0.4 is 5.73 Å². The van der Waals surface area contributed by atoms with Crippen LogP contribution in [0.15, 0.2) is 30.3 Å². The van der Waals surface area contributed by atoms with Crippen molar-refractivity contribution < 1.29 is 4.39 Å². The highest BCUT2D eigenvalue weighted by molar-refractivity contribution is 7.16. The van der Waals surface area contributed by atoms with Gasteiger partial charge in [-0.1, -0.05) is 6.07 Å². The molecular formula is C13H11FN2S. The zero-order valence-electron chi connectivity index (χ0n) is 9.27. The normalized spacial score (nSPS) is 12.1. The van der Waals surface area contributed by atoms with Crippen LogP contribution in [0, 0.1) is 17.1 Å². The summed E-state index contributed by atoms with van der Waals surface area (Å²) in [7, 11) is 0. The van der Waals surface area contributed by atoms with E-state index in [0.29, 0.717) is 10.4 Å². The van der Waals surface area contributed by atoms with Crippen LogP contribution in [0.1, 0.15) is 23.4 Å². The van der Waals surface area contributed by atoms with Crippen LogP contribution in [0.5, 0.6) is 0 Å². The van der Waals surface area contributed by atoms with Crippen LogP contribution in [0.4, 0.5) is 4.39 Å². The lowest BCUT2D eigenvalue weighted by molar-refractivity contribution is 0.630. The summed E-state index contributed by atoms with van der Waals surface area (Å²) >= 11 is 1.28. The summed E-state index contributed by atoms with van der Waals surface area (Å²) in [5, 5.41) is 8.76. The van der Waals surface area contributed by atoms with E-state index in [1.165, 1.54) is 17.4 Å². The van der Waals surface area contributed by atoms with Gasteiger partial charge in [-0.05, 0) is 36.8 Å². The molecule has 2 N–H and O–H groups in total. The van der Waals surface area contributed by atoms with Crippen molar-refractivity contribution in [1.82, 2.24) is 0 Å². The van der Waals surface area contributed by atoms with Crippen molar-refractivity contribution in [3.8, 4) is 16.5 Å². The van der Waals surface area contributed by atoms with Crippen molar-refractivity contribution in [1.29, 1.82) is 5.26 Å². The second-order valence-corrected chi connectivity index (χ2v) is 4.89. The number of nitriles is 1. The van der Waals surface area contributed by atoms with Gasteiger partial charge in [-0.2, -0.15) is 5.26 Å². The topological polar surface area (TPSA) is 49.8 Å². The molecule has 0 fully saturated rings. The Morgan fingerprint density at radius 2 is 2.12 bits per heavy atom. The fraction of sp³-hybridized carbons (Fsp3) is 0.154. The minimum Gasteiger partial charge on any atom is -0.324 e. The molecule has 2 aromatic rings. The molecule has 0 aliphatic carbocycles. The van der Waals surface area contributed by atoms with Gasteiger partial charge in [0.15, 0.2) is 0 Å². The molecule has 0 bridgehead atoms. The molecule has 0 spiro atoms. The number of hydrogen-bond acceptors (Lipinski definition) is 3. The minimum absolute atomic E-state index is 0.134. The number of rotatable bonds is 2. The van der Waals surface area contributed by atoms with Crippen LogP contribution in [0.3, 0.4) is 0 Å². The molecule has 2 rings (SSSR count).